The second-order valence-electron chi connectivity index (χ2n) is 3.86. The summed E-state index contributed by atoms with van der Waals surface area (Å²) < 4.78 is 4.50. The van der Waals surface area contributed by atoms with Crippen LogP contribution in [-0.4, -0.2) is 29.6 Å². The number of carbonyl (C=O) groups is 1. The van der Waals surface area contributed by atoms with E-state index in [1.807, 2.05) is 24.3 Å². The van der Waals surface area contributed by atoms with Crippen LogP contribution < -0.4 is 0 Å². The lowest BCUT2D eigenvalue weighted by molar-refractivity contribution is -0.157. The third-order valence-electron chi connectivity index (χ3n) is 2.71. The molecule has 2 unspecified atom stereocenters. The first-order valence-corrected chi connectivity index (χ1v) is 5.70. The lowest BCUT2D eigenvalue weighted by Gasteiger charge is -2.22. The van der Waals surface area contributed by atoms with E-state index in [2.05, 4.69) is 11.7 Å². The molecule has 0 aliphatic carbocycles. The number of aliphatic hydroxyl groups is 2. The quantitative estimate of drug-likeness (QED) is 0.553. The molecule has 0 spiro atoms. The normalized spacial score (nSPS) is 14.1. The Hall–Kier alpha value is -1.39. The molecule has 94 valence electrons. The first-order valence-electron chi connectivity index (χ1n) is 5.70. The molecule has 1 aromatic carbocycles. The highest BCUT2D eigenvalue weighted by Gasteiger charge is 2.23. The third-order valence-corrected chi connectivity index (χ3v) is 2.71. The van der Waals surface area contributed by atoms with Crippen LogP contribution in [-0.2, 0) is 16.0 Å². The molecule has 0 saturated carbocycles. The molecule has 0 amide bonds. The second-order valence-corrected chi connectivity index (χ2v) is 3.86. The van der Waals surface area contributed by atoms with Gasteiger partial charge in [0.2, 0.25) is 6.29 Å². The summed E-state index contributed by atoms with van der Waals surface area (Å²) >= 11 is 0. The highest BCUT2D eigenvalue weighted by molar-refractivity contribution is 5.38. The van der Waals surface area contributed by atoms with E-state index >= 15 is 0 Å². The van der Waals surface area contributed by atoms with Gasteiger partial charge in [-0.3, -0.25) is 4.79 Å². The summed E-state index contributed by atoms with van der Waals surface area (Å²) in [5, 5.41) is 19.0. The van der Waals surface area contributed by atoms with Crippen molar-refractivity contribution in [2.24, 2.45) is 0 Å². The van der Waals surface area contributed by atoms with Gasteiger partial charge in [0.25, 0.3) is 6.47 Å². The van der Waals surface area contributed by atoms with E-state index in [0.29, 0.717) is 0 Å². The van der Waals surface area contributed by atoms with Gasteiger partial charge in [0.1, 0.15) is 0 Å². The topological polar surface area (TPSA) is 66.8 Å². The van der Waals surface area contributed by atoms with Gasteiger partial charge in [0.05, 0.1) is 12.5 Å². The zero-order valence-electron chi connectivity index (χ0n) is 9.87. The Bertz CT molecular complexity index is 351. The Morgan fingerprint density at radius 3 is 2.71 bits per heavy atom. The van der Waals surface area contributed by atoms with E-state index in [0.717, 1.165) is 24.0 Å². The predicted octanol–water partition coefficient (Wildman–Crippen LogP) is 1.21. The highest BCUT2D eigenvalue weighted by Crippen LogP contribution is 2.24. The molecule has 2 atom stereocenters. The average molecular weight is 238 g/mol. The molecule has 0 radical (unpaired) electrons. The number of hydrogen-bond acceptors (Lipinski definition) is 4. The Morgan fingerprint density at radius 2 is 2.12 bits per heavy atom. The summed E-state index contributed by atoms with van der Waals surface area (Å²) in [6.45, 7) is 1.98. The standard InChI is InChI=1S/C13H18O4/c1-2-5-10-6-3-4-7-11(10)12(8-14)13(16)17-9-15/h3-4,6-7,9,12-14,16H,2,5,8H2,1H3. The summed E-state index contributed by atoms with van der Waals surface area (Å²) in [6, 6.07) is 7.54. The van der Waals surface area contributed by atoms with E-state index in [4.69, 9.17) is 0 Å². The van der Waals surface area contributed by atoms with Crippen LogP contribution >= 0.6 is 0 Å². The first-order chi connectivity index (χ1) is 8.24. The predicted molar refractivity (Wildman–Crippen MR) is 63.4 cm³/mol. The summed E-state index contributed by atoms with van der Waals surface area (Å²) in [7, 11) is 0. The Balaban J connectivity index is 2.97. The van der Waals surface area contributed by atoms with Crippen LogP contribution in [0.1, 0.15) is 30.4 Å². The van der Waals surface area contributed by atoms with Crippen molar-refractivity contribution >= 4 is 6.47 Å². The number of ether oxygens (including phenoxy) is 1. The molecule has 2 N–H and O–H groups in total. The number of aryl methyl sites for hydroxylation is 1. The summed E-state index contributed by atoms with van der Waals surface area (Å²) in [6.07, 6.45) is 0.524. The van der Waals surface area contributed by atoms with Crippen molar-refractivity contribution in [3.63, 3.8) is 0 Å². The molecule has 0 aliphatic heterocycles. The van der Waals surface area contributed by atoms with Crippen molar-refractivity contribution in [2.45, 2.75) is 32.0 Å². The fraction of sp³-hybridized carbons (Fsp3) is 0.462. The van der Waals surface area contributed by atoms with E-state index in [9.17, 15) is 15.0 Å². The average Bonchev–Trinajstić information content (AvgIpc) is 2.33. The van der Waals surface area contributed by atoms with E-state index in [1.54, 1.807) is 0 Å². The van der Waals surface area contributed by atoms with Gasteiger partial charge in [0.15, 0.2) is 0 Å². The molecule has 17 heavy (non-hydrogen) atoms. The number of aliphatic hydroxyl groups excluding tert-OH is 2. The van der Waals surface area contributed by atoms with Crippen LogP contribution in [0.5, 0.6) is 0 Å². The lowest BCUT2D eigenvalue weighted by Crippen LogP contribution is -2.25. The molecule has 0 heterocycles. The SMILES string of the molecule is CCCc1ccccc1C(CO)C(O)OC=O. The molecule has 0 aliphatic rings. The lowest BCUT2D eigenvalue weighted by atomic mass is 9.92. The fourth-order valence-corrected chi connectivity index (χ4v) is 1.89. The minimum absolute atomic E-state index is 0.190. The molecule has 1 rings (SSSR count). The van der Waals surface area contributed by atoms with Gasteiger partial charge in [-0.1, -0.05) is 37.6 Å². The van der Waals surface area contributed by atoms with Crippen LogP contribution in [0.2, 0.25) is 0 Å². The van der Waals surface area contributed by atoms with E-state index in [1.165, 1.54) is 0 Å². The molecule has 0 fully saturated rings. The third kappa shape index (κ3) is 3.54. The Kier molecular flexibility index (Phi) is 5.66. The van der Waals surface area contributed by atoms with E-state index in [-0.39, 0.29) is 13.1 Å². The van der Waals surface area contributed by atoms with Gasteiger partial charge in [-0.25, -0.2) is 0 Å². The minimum Gasteiger partial charge on any atom is -0.437 e. The molecule has 4 nitrogen and oxygen atoms in total. The van der Waals surface area contributed by atoms with Crippen molar-refractivity contribution in [3.05, 3.63) is 35.4 Å². The van der Waals surface area contributed by atoms with Crippen LogP contribution in [0.3, 0.4) is 0 Å². The fourth-order valence-electron chi connectivity index (χ4n) is 1.89. The van der Waals surface area contributed by atoms with Gasteiger partial charge in [0, 0.05) is 0 Å². The van der Waals surface area contributed by atoms with Crippen molar-refractivity contribution in [1.82, 2.24) is 0 Å². The van der Waals surface area contributed by atoms with Crippen molar-refractivity contribution in [3.8, 4) is 0 Å². The number of hydrogen-bond donors (Lipinski definition) is 2. The maximum Gasteiger partial charge on any atom is 0.295 e. The molecule has 0 bridgehead atoms. The van der Waals surface area contributed by atoms with Gasteiger partial charge < -0.3 is 14.9 Å². The summed E-state index contributed by atoms with van der Waals surface area (Å²) in [5.41, 5.74) is 1.88. The van der Waals surface area contributed by atoms with Crippen LogP contribution in [0, 0.1) is 0 Å². The molecule has 4 heteroatoms. The van der Waals surface area contributed by atoms with Gasteiger partial charge in [-0.2, -0.15) is 0 Å². The number of benzene rings is 1. The van der Waals surface area contributed by atoms with Gasteiger partial charge >= 0.3 is 0 Å². The van der Waals surface area contributed by atoms with Crippen molar-refractivity contribution in [2.75, 3.05) is 6.61 Å². The Morgan fingerprint density at radius 1 is 1.41 bits per heavy atom. The first kappa shape index (κ1) is 13.7. The second kappa shape index (κ2) is 7.04. The smallest absolute Gasteiger partial charge is 0.295 e. The zero-order valence-corrected chi connectivity index (χ0v) is 9.87. The molecule has 1 aromatic rings. The largest absolute Gasteiger partial charge is 0.437 e. The minimum atomic E-state index is -1.31. The summed E-state index contributed by atoms with van der Waals surface area (Å²) in [5.74, 6) is -0.594. The molecule has 0 aromatic heterocycles. The maximum atomic E-state index is 10.2. The summed E-state index contributed by atoms with van der Waals surface area (Å²) in [4.78, 5) is 10.2. The van der Waals surface area contributed by atoms with Crippen molar-refractivity contribution in [1.29, 1.82) is 0 Å². The van der Waals surface area contributed by atoms with Crippen LogP contribution in [0.15, 0.2) is 24.3 Å². The molecule has 0 saturated heterocycles. The molecular formula is C13H18O4. The molecular weight excluding hydrogens is 220 g/mol. The highest BCUT2D eigenvalue weighted by atomic mass is 16.6. The van der Waals surface area contributed by atoms with E-state index < -0.39 is 12.2 Å². The van der Waals surface area contributed by atoms with Gasteiger partial charge in [-0.05, 0) is 17.5 Å². The zero-order chi connectivity index (χ0) is 12.7. The van der Waals surface area contributed by atoms with Gasteiger partial charge in [-0.15, -0.1) is 0 Å². The Labute approximate surface area is 101 Å². The number of rotatable bonds is 7. The van der Waals surface area contributed by atoms with Crippen LogP contribution in [0.25, 0.3) is 0 Å². The van der Waals surface area contributed by atoms with Crippen molar-refractivity contribution < 1.29 is 19.7 Å². The maximum absolute atomic E-state index is 10.2. The van der Waals surface area contributed by atoms with Crippen LogP contribution in [0.4, 0.5) is 0 Å². The number of carbonyl (C=O) groups excluding carboxylic acids is 1. The monoisotopic (exact) mass is 238 g/mol.